The number of hydrogen-bond acceptors (Lipinski definition) is 3. The summed E-state index contributed by atoms with van der Waals surface area (Å²) in [7, 11) is 2.22. The van der Waals surface area contributed by atoms with Crippen molar-refractivity contribution in [1.82, 2.24) is 19.8 Å². The molecule has 17 heavy (non-hydrogen) atoms. The highest BCUT2D eigenvalue weighted by Crippen LogP contribution is 2.12. The summed E-state index contributed by atoms with van der Waals surface area (Å²) in [5.74, 6) is 0. The number of piperidine rings is 1. The maximum atomic E-state index is 4.26. The van der Waals surface area contributed by atoms with Crippen LogP contribution in [0.25, 0.3) is 0 Å². The van der Waals surface area contributed by atoms with Crippen molar-refractivity contribution in [3.63, 3.8) is 0 Å². The van der Waals surface area contributed by atoms with Crippen LogP contribution >= 0.6 is 0 Å². The molecule has 96 valence electrons. The molecule has 1 saturated heterocycles. The molecule has 1 aromatic heterocycles. The molecule has 1 atom stereocenters. The van der Waals surface area contributed by atoms with E-state index in [0.29, 0.717) is 6.04 Å². The van der Waals surface area contributed by atoms with E-state index in [-0.39, 0.29) is 0 Å². The number of nitrogens with one attached hydrogen (secondary N) is 1. The van der Waals surface area contributed by atoms with Gasteiger partial charge in [-0.3, -0.25) is 4.90 Å². The molecule has 0 spiro atoms. The van der Waals surface area contributed by atoms with E-state index < -0.39 is 0 Å². The Morgan fingerprint density at radius 1 is 1.59 bits per heavy atom. The van der Waals surface area contributed by atoms with E-state index in [2.05, 4.69) is 33.7 Å². The van der Waals surface area contributed by atoms with E-state index >= 15 is 0 Å². The number of aromatic nitrogens is 2. The van der Waals surface area contributed by atoms with Gasteiger partial charge in [-0.05, 0) is 32.9 Å². The minimum absolute atomic E-state index is 0.675. The molecule has 1 aliphatic heterocycles. The summed E-state index contributed by atoms with van der Waals surface area (Å²) in [5, 5.41) is 3.47. The van der Waals surface area contributed by atoms with Crippen LogP contribution in [0.5, 0.6) is 0 Å². The second-order valence-corrected chi connectivity index (χ2v) is 4.99. The Balaban J connectivity index is 1.92. The second kappa shape index (κ2) is 6.17. The molecule has 0 saturated carbocycles. The second-order valence-electron chi connectivity index (χ2n) is 4.99. The monoisotopic (exact) mass is 236 g/mol. The first-order valence-corrected chi connectivity index (χ1v) is 6.71. The Hall–Kier alpha value is -0.870. The van der Waals surface area contributed by atoms with Crippen molar-refractivity contribution in [2.45, 2.75) is 45.3 Å². The van der Waals surface area contributed by atoms with Gasteiger partial charge in [-0.2, -0.15) is 0 Å². The van der Waals surface area contributed by atoms with E-state index in [0.717, 1.165) is 26.1 Å². The third-order valence-corrected chi connectivity index (χ3v) is 3.57. The number of nitrogens with zero attached hydrogens (tertiary/aromatic N) is 3. The van der Waals surface area contributed by atoms with Crippen LogP contribution in [0, 0.1) is 0 Å². The summed E-state index contributed by atoms with van der Waals surface area (Å²) in [6.45, 7) is 6.59. The zero-order valence-electron chi connectivity index (χ0n) is 11.0. The van der Waals surface area contributed by atoms with E-state index in [1.807, 2.05) is 12.5 Å². The van der Waals surface area contributed by atoms with Crippen LogP contribution in [0.4, 0.5) is 0 Å². The van der Waals surface area contributed by atoms with Gasteiger partial charge in [0.1, 0.15) is 0 Å². The van der Waals surface area contributed by atoms with Crippen molar-refractivity contribution in [1.29, 1.82) is 0 Å². The van der Waals surface area contributed by atoms with Gasteiger partial charge in [0.15, 0.2) is 0 Å². The predicted molar refractivity (Wildman–Crippen MR) is 69.9 cm³/mol. The number of imidazole rings is 1. The zero-order chi connectivity index (χ0) is 12.1. The Morgan fingerprint density at radius 2 is 2.47 bits per heavy atom. The van der Waals surface area contributed by atoms with E-state index in [1.54, 1.807) is 0 Å². The Bertz CT molecular complexity index is 328. The summed E-state index contributed by atoms with van der Waals surface area (Å²) in [5.41, 5.74) is 1.33. The average molecular weight is 236 g/mol. The molecule has 0 radical (unpaired) electrons. The Morgan fingerprint density at radius 3 is 3.18 bits per heavy atom. The van der Waals surface area contributed by atoms with Gasteiger partial charge in [0.2, 0.25) is 0 Å². The average Bonchev–Trinajstić information content (AvgIpc) is 2.78. The Labute approximate surface area is 104 Å². The van der Waals surface area contributed by atoms with Crippen LogP contribution in [0.3, 0.4) is 0 Å². The minimum Gasteiger partial charge on any atom is -0.333 e. The fraction of sp³-hybridized carbons (Fsp3) is 0.769. The summed E-state index contributed by atoms with van der Waals surface area (Å²) < 4.78 is 2.27. The van der Waals surface area contributed by atoms with Crippen LogP contribution in [-0.2, 0) is 13.1 Å². The SMILES string of the molecule is CCCn1cncc1CN(C)C1CCCNC1. The number of aryl methyl sites for hydroxylation is 1. The van der Waals surface area contributed by atoms with Crippen molar-refractivity contribution >= 4 is 0 Å². The lowest BCUT2D eigenvalue weighted by Crippen LogP contribution is -2.43. The van der Waals surface area contributed by atoms with E-state index in [1.165, 1.54) is 25.1 Å². The van der Waals surface area contributed by atoms with Crippen molar-refractivity contribution in [3.8, 4) is 0 Å². The van der Waals surface area contributed by atoms with Crippen LogP contribution < -0.4 is 5.32 Å². The van der Waals surface area contributed by atoms with Crippen molar-refractivity contribution < 1.29 is 0 Å². The molecule has 2 heterocycles. The first kappa shape index (κ1) is 12.6. The lowest BCUT2D eigenvalue weighted by atomic mass is 10.1. The molecular formula is C13H24N4. The first-order chi connectivity index (χ1) is 8.31. The fourth-order valence-electron chi connectivity index (χ4n) is 2.52. The molecular weight excluding hydrogens is 212 g/mol. The molecule has 1 aliphatic rings. The quantitative estimate of drug-likeness (QED) is 0.840. The maximum absolute atomic E-state index is 4.26. The van der Waals surface area contributed by atoms with Crippen LogP contribution in [0.2, 0.25) is 0 Å². The predicted octanol–water partition coefficient (Wildman–Crippen LogP) is 1.48. The maximum Gasteiger partial charge on any atom is 0.0948 e. The molecule has 0 aromatic carbocycles. The highest BCUT2D eigenvalue weighted by Gasteiger charge is 2.18. The lowest BCUT2D eigenvalue weighted by molar-refractivity contribution is 0.192. The van der Waals surface area contributed by atoms with Gasteiger partial charge in [0.25, 0.3) is 0 Å². The van der Waals surface area contributed by atoms with E-state index in [4.69, 9.17) is 0 Å². The topological polar surface area (TPSA) is 33.1 Å². The molecule has 4 heteroatoms. The van der Waals surface area contributed by atoms with E-state index in [9.17, 15) is 0 Å². The molecule has 1 N–H and O–H groups in total. The van der Waals surface area contributed by atoms with Crippen molar-refractivity contribution in [3.05, 3.63) is 18.2 Å². The van der Waals surface area contributed by atoms with Gasteiger partial charge < -0.3 is 9.88 Å². The highest BCUT2D eigenvalue weighted by atomic mass is 15.2. The molecule has 0 bridgehead atoms. The van der Waals surface area contributed by atoms with Crippen molar-refractivity contribution in [2.75, 3.05) is 20.1 Å². The Kier molecular flexibility index (Phi) is 4.57. The standard InChI is InChI=1S/C13H24N4/c1-3-7-17-11-15-9-13(17)10-16(2)12-5-4-6-14-8-12/h9,11-12,14H,3-8,10H2,1-2H3. The van der Waals surface area contributed by atoms with Crippen LogP contribution in [0.15, 0.2) is 12.5 Å². The van der Waals surface area contributed by atoms with Gasteiger partial charge in [-0.25, -0.2) is 4.98 Å². The van der Waals surface area contributed by atoms with Crippen LogP contribution in [0.1, 0.15) is 31.9 Å². The first-order valence-electron chi connectivity index (χ1n) is 6.71. The van der Waals surface area contributed by atoms with Gasteiger partial charge in [0.05, 0.1) is 12.0 Å². The number of hydrogen-bond donors (Lipinski definition) is 1. The van der Waals surface area contributed by atoms with Crippen molar-refractivity contribution in [2.24, 2.45) is 0 Å². The summed E-state index contributed by atoms with van der Waals surface area (Å²) in [4.78, 5) is 6.71. The molecule has 1 fully saturated rings. The highest BCUT2D eigenvalue weighted by molar-refractivity contribution is 4.99. The molecule has 0 amide bonds. The summed E-state index contributed by atoms with van der Waals surface area (Å²) >= 11 is 0. The third-order valence-electron chi connectivity index (χ3n) is 3.57. The largest absolute Gasteiger partial charge is 0.333 e. The summed E-state index contributed by atoms with van der Waals surface area (Å²) in [6.07, 6.45) is 7.72. The van der Waals surface area contributed by atoms with Gasteiger partial charge >= 0.3 is 0 Å². The molecule has 0 aliphatic carbocycles. The molecule has 1 aromatic rings. The zero-order valence-corrected chi connectivity index (χ0v) is 11.0. The summed E-state index contributed by atoms with van der Waals surface area (Å²) in [6, 6.07) is 0.675. The minimum atomic E-state index is 0.675. The molecule has 1 unspecified atom stereocenters. The number of rotatable bonds is 5. The van der Waals surface area contributed by atoms with Gasteiger partial charge in [-0.15, -0.1) is 0 Å². The third kappa shape index (κ3) is 3.30. The molecule has 2 rings (SSSR count). The van der Waals surface area contributed by atoms with Gasteiger partial charge in [-0.1, -0.05) is 6.92 Å². The normalized spacial score (nSPS) is 21.0. The fourth-order valence-corrected chi connectivity index (χ4v) is 2.52. The molecule has 4 nitrogen and oxygen atoms in total. The van der Waals surface area contributed by atoms with Gasteiger partial charge in [0, 0.05) is 31.9 Å². The van der Waals surface area contributed by atoms with Crippen LogP contribution in [-0.4, -0.2) is 40.6 Å². The lowest BCUT2D eigenvalue weighted by Gasteiger charge is -2.31. The smallest absolute Gasteiger partial charge is 0.0948 e. The number of likely N-dealkylation sites (N-methyl/N-ethyl adjacent to an activating group) is 1.